The van der Waals surface area contributed by atoms with Crippen LogP contribution in [0.15, 0.2) is 9.59 Å². The number of thiocarbonyl (C=S) groups is 1. The second kappa shape index (κ2) is 8.53. The molecule has 7 nitrogen and oxygen atoms in total. The molecule has 0 atom stereocenters. The Labute approximate surface area is 178 Å². The predicted molar refractivity (Wildman–Crippen MR) is 118 cm³/mol. The number of thiophene rings is 1. The van der Waals surface area contributed by atoms with Gasteiger partial charge in [-0.1, -0.05) is 0 Å². The topological polar surface area (TPSA) is 68.5 Å². The fourth-order valence-electron chi connectivity index (χ4n) is 3.43. The van der Waals surface area contributed by atoms with E-state index in [1.165, 1.54) is 20.5 Å². The molecule has 0 amide bonds. The molecule has 0 aliphatic carbocycles. The Kier molecular flexibility index (Phi) is 6.45. The van der Waals surface area contributed by atoms with Gasteiger partial charge in [0.25, 0.3) is 5.56 Å². The van der Waals surface area contributed by atoms with Crippen molar-refractivity contribution in [2.24, 2.45) is 0 Å². The molecule has 3 heterocycles. The van der Waals surface area contributed by atoms with Crippen molar-refractivity contribution >= 4 is 38.9 Å². The van der Waals surface area contributed by atoms with E-state index in [0.29, 0.717) is 21.9 Å². The average molecular weight is 443 g/mol. The molecule has 1 aliphatic rings. The summed E-state index contributed by atoms with van der Waals surface area (Å²) in [5, 5.41) is 4.34. The molecule has 1 N–H and O–H groups in total. The molecule has 29 heavy (non-hydrogen) atoms. The van der Waals surface area contributed by atoms with Crippen LogP contribution in [0.1, 0.15) is 30.7 Å². The van der Waals surface area contributed by atoms with Gasteiger partial charge in [-0.15, -0.1) is 11.3 Å². The highest BCUT2D eigenvalue weighted by molar-refractivity contribution is 7.80. The minimum atomic E-state index is -0.686. The number of aryl methyl sites for hydroxylation is 2. The van der Waals surface area contributed by atoms with Crippen molar-refractivity contribution in [3.63, 3.8) is 0 Å². The van der Waals surface area contributed by atoms with Crippen molar-refractivity contribution in [1.82, 2.24) is 19.4 Å². The number of rotatable bonds is 8. The minimum Gasteiger partial charge on any atom is -0.377 e. The van der Waals surface area contributed by atoms with E-state index >= 15 is 0 Å². The van der Waals surface area contributed by atoms with Crippen LogP contribution in [0, 0.1) is 6.92 Å². The van der Waals surface area contributed by atoms with Gasteiger partial charge in [-0.25, -0.2) is 4.79 Å². The molecule has 0 bridgehead atoms. The third-order valence-corrected chi connectivity index (χ3v) is 6.98. The Balaban J connectivity index is 2.18. The van der Waals surface area contributed by atoms with E-state index in [0.717, 1.165) is 23.5 Å². The Bertz CT molecular complexity index is 1040. The number of aromatic nitrogens is 2. The van der Waals surface area contributed by atoms with Crippen LogP contribution in [0.4, 0.5) is 4.39 Å². The van der Waals surface area contributed by atoms with Gasteiger partial charge < -0.3 is 15.0 Å². The molecule has 2 aromatic heterocycles. The molecule has 0 spiro atoms. The number of methoxy groups -OCH3 is 1. The third kappa shape index (κ3) is 4.24. The van der Waals surface area contributed by atoms with Gasteiger partial charge in [0.1, 0.15) is 4.83 Å². The van der Waals surface area contributed by atoms with E-state index in [9.17, 15) is 14.0 Å². The first kappa shape index (κ1) is 21.9. The number of hydrogen-bond acceptors (Lipinski definition) is 5. The highest BCUT2D eigenvalue weighted by Gasteiger charge is 2.26. The van der Waals surface area contributed by atoms with Gasteiger partial charge >= 0.3 is 5.69 Å². The summed E-state index contributed by atoms with van der Waals surface area (Å²) in [7, 11) is 1.55. The maximum atomic E-state index is 13.3. The van der Waals surface area contributed by atoms with Crippen LogP contribution in [0.5, 0.6) is 0 Å². The zero-order valence-corrected chi connectivity index (χ0v) is 18.8. The van der Waals surface area contributed by atoms with Gasteiger partial charge in [0.15, 0.2) is 5.11 Å². The maximum absolute atomic E-state index is 13.3. The van der Waals surface area contributed by atoms with E-state index < -0.39 is 18.0 Å². The maximum Gasteiger partial charge on any atom is 0.332 e. The predicted octanol–water partition coefficient (Wildman–Crippen LogP) is 2.01. The lowest BCUT2D eigenvalue weighted by atomic mass is 10.1. The monoisotopic (exact) mass is 442 g/mol. The smallest absolute Gasteiger partial charge is 0.332 e. The van der Waals surface area contributed by atoms with Gasteiger partial charge in [0, 0.05) is 31.6 Å². The molecule has 3 rings (SSSR count). The second-order valence-electron chi connectivity index (χ2n) is 7.82. The van der Waals surface area contributed by atoms with Crippen LogP contribution >= 0.6 is 23.6 Å². The van der Waals surface area contributed by atoms with Crippen LogP contribution in [0.25, 0.3) is 10.2 Å². The third-order valence-electron chi connectivity index (χ3n) is 5.28. The molecule has 0 unspecified atom stereocenters. The summed E-state index contributed by atoms with van der Waals surface area (Å²) in [6.45, 7) is 7.54. The Hall–Kier alpha value is -1.78. The van der Waals surface area contributed by atoms with Crippen LogP contribution in [0.3, 0.4) is 0 Å². The molecule has 160 valence electrons. The first-order chi connectivity index (χ1) is 13.7. The molecule has 1 aliphatic heterocycles. The van der Waals surface area contributed by atoms with Crippen molar-refractivity contribution in [3.05, 3.63) is 31.3 Å². The summed E-state index contributed by atoms with van der Waals surface area (Å²) < 4.78 is 21.1. The van der Waals surface area contributed by atoms with E-state index in [-0.39, 0.29) is 25.1 Å². The first-order valence-corrected chi connectivity index (χ1v) is 10.8. The van der Waals surface area contributed by atoms with Gasteiger partial charge in [0.05, 0.1) is 30.8 Å². The van der Waals surface area contributed by atoms with E-state index in [4.69, 9.17) is 17.0 Å². The Morgan fingerprint density at radius 2 is 2.03 bits per heavy atom. The number of nitrogens with zero attached hydrogens (tertiary/aromatic N) is 3. The second-order valence-corrected chi connectivity index (χ2v) is 9.29. The molecule has 0 saturated carbocycles. The lowest BCUT2D eigenvalue weighted by Crippen LogP contribution is -2.45. The van der Waals surface area contributed by atoms with Crippen LogP contribution in [-0.2, 0) is 24.4 Å². The molecule has 10 heteroatoms. The number of fused-ring (bicyclic) bond motifs is 1. The number of ether oxygens (including phenoxy) is 1. The number of hydrogen-bond donors (Lipinski definition) is 1. The van der Waals surface area contributed by atoms with Gasteiger partial charge in [-0.3, -0.25) is 18.3 Å². The Morgan fingerprint density at radius 1 is 1.31 bits per heavy atom. The summed E-state index contributed by atoms with van der Waals surface area (Å²) in [5.74, 6) is 0. The summed E-state index contributed by atoms with van der Waals surface area (Å²) >= 11 is 6.75. The zero-order valence-electron chi connectivity index (χ0n) is 17.2. The number of alkyl halides is 1. The van der Waals surface area contributed by atoms with Crippen molar-refractivity contribution in [2.45, 2.75) is 52.4 Å². The SMILES string of the molecule is COC(C)(C)Cn1c(=O)c2c(C)c(CN3CCNC3=S)sc2n(CCCF)c1=O. The van der Waals surface area contributed by atoms with Gasteiger partial charge in [-0.05, 0) is 45.0 Å². The lowest BCUT2D eigenvalue weighted by Gasteiger charge is -2.24. The largest absolute Gasteiger partial charge is 0.377 e. The Morgan fingerprint density at radius 3 is 2.62 bits per heavy atom. The molecular formula is C19H27FN4O3S2. The van der Waals surface area contributed by atoms with Crippen LogP contribution in [0.2, 0.25) is 0 Å². The fourth-order valence-corrected chi connectivity index (χ4v) is 5.02. The normalized spacial score (nSPS) is 14.8. The highest BCUT2D eigenvalue weighted by atomic mass is 32.1. The standard InChI is InChI=1S/C19H27FN4O3S2/c1-12-13(10-22-9-7-21-17(22)28)29-16-14(12)15(25)24(11-19(2,3)27-4)18(26)23(16)8-5-6-20/h5-11H2,1-4H3,(H,21,28). The lowest BCUT2D eigenvalue weighted by molar-refractivity contribution is 0.00623. The van der Waals surface area contributed by atoms with Crippen LogP contribution in [-0.4, -0.2) is 51.6 Å². The molecule has 0 radical (unpaired) electrons. The summed E-state index contributed by atoms with van der Waals surface area (Å²) in [6, 6.07) is 0. The number of halogens is 1. The summed E-state index contributed by atoms with van der Waals surface area (Å²) in [4.78, 5) is 30.0. The number of nitrogens with one attached hydrogen (secondary N) is 1. The quantitative estimate of drug-likeness (QED) is 0.631. The van der Waals surface area contributed by atoms with Crippen molar-refractivity contribution in [3.8, 4) is 0 Å². The van der Waals surface area contributed by atoms with Crippen molar-refractivity contribution < 1.29 is 9.13 Å². The molecule has 1 saturated heterocycles. The van der Waals surface area contributed by atoms with Gasteiger partial charge in [0.2, 0.25) is 0 Å². The average Bonchev–Trinajstić information content (AvgIpc) is 3.22. The van der Waals surface area contributed by atoms with E-state index in [2.05, 4.69) is 5.32 Å². The van der Waals surface area contributed by atoms with E-state index in [1.807, 2.05) is 25.7 Å². The van der Waals surface area contributed by atoms with Crippen LogP contribution < -0.4 is 16.6 Å². The van der Waals surface area contributed by atoms with Crippen molar-refractivity contribution in [1.29, 1.82) is 0 Å². The zero-order chi connectivity index (χ0) is 21.3. The van der Waals surface area contributed by atoms with Gasteiger partial charge in [-0.2, -0.15) is 0 Å². The molecule has 2 aromatic rings. The highest BCUT2D eigenvalue weighted by Crippen LogP contribution is 2.29. The summed E-state index contributed by atoms with van der Waals surface area (Å²) in [5.41, 5.74) is -0.585. The minimum absolute atomic E-state index is 0.123. The van der Waals surface area contributed by atoms with Crippen molar-refractivity contribution in [2.75, 3.05) is 26.9 Å². The first-order valence-electron chi connectivity index (χ1n) is 9.59. The molecular weight excluding hydrogens is 415 g/mol. The molecule has 1 fully saturated rings. The fraction of sp³-hybridized carbons (Fsp3) is 0.632. The molecule has 0 aromatic carbocycles. The van der Waals surface area contributed by atoms with E-state index in [1.54, 1.807) is 7.11 Å². The summed E-state index contributed by atoms with van der Waals surface area (Å²) in [6.07, 6.45) is 0.216.